The first-order valence-electron chi connectivity index (χ1n) is 4.95. The fourth-order valence-electron chi connectivity index (χ4n) is 1.26. The number of carbonyl (C=O) groups excluding carboxylic acids is 1. The number of hydrogen-bond acceptors (Lipinski definition) is 2. The van der Waals surface area contributed by atoms with E-state index in [-0.39, 0.29) is 12.5 Å². The molecule has 2 amide bonds. The maximum Gasteiger partial charge on any atom is 0.405 e. The molecule has 6 heteroatoms. The quantitative estimate of drug-likeness (QED) is 0.889. The Kier molecular flexibility index (Phi) is 4.96. The van der Waals surface area contributed by atoms with Gasteiger partial charge in [0, 0.05) is 18.1 Å². The van der Waals surface area contributed by atoms with Gasteiger partial charge in [0.2, 0.25) is 5.91 Å². The second-order valence-corrected chi connectivity index (χ2v) is 4.35. The van der Waals surface area contributed by atoms with Crippen LogP contribution in [-0.2, 0) is 11.3 Å². The van der Waals surface area contributed by atoms with Gasteiger partial charge in [-0.05, 0) is 11.6 Å². The van der Waals surface area contributed by atoms with E-state index in [1.165, 1.54) is 4.90 Å². The van der Waals surface area contributed by atoms with Crippen molar-refractivity contribution in [1.82, 2.24) is 10.2 Å². The lowest BCUT2D eigenvalue weighted by atomic mass is 10.2. The summed E-state index contributed by atoms with van der Waals surface area (Å²) >= 11 is 3.39. The predicted molar refractivity (Wildman–Crippen MR) is 66.6 cm³/mol. The van der Waals surface area contributed by atoms with Crippen LogP contribution in [0.2, 0.25) is 0 Å². The largest absolute Gasteiger partial charge is 0.465 e. The first-order valence-corrected chi connectivity index (χ1v) is 5.74. The number of hydrogen-bond donors (Lipinski definition) is 2. The Morgan fingerprint density at radius 2 is 2.06 bits per heavy atom. The Morgan fingerprint density at radius 1 is 1.41 bits per heavy atom. The highest BCUT2D eigenvalue weighted by Gasteiger charge is 2.11. The van der Waals surface area contributed by atoms with Crippen LogP contribution < -0.4 is 5.32 Å². The highest BCUT2D eigenvalue weighted by Crippen LogP contribution is 2.17. The van der Waals surface area contributed by atoms with E-state index >= 15 is 0 Å². The topological polar surface area (TPSA) is 69.6 Å². The minimum Gasteiger partial charge on any atom is -0.465 e. The summed E-state index contributed by atoms with van der Waals surface area (Å²) in [6.07, 6.45) is -1.20. The van der Waals surface area contributed by atoms with Crippen LogP contribution in [0.25, 0.3) is 0 Å². The first kappa shape index (κ1) is 13.5. The molecule has 1 rings (SSSR count). The molecule has 0 unspecified atom stereocenters. The van der Waals surface area contributed by atoms with Gasteiger partial charge in [-0.15, -0.1) is 0 Å². The molecule has 17 heavy (non-hydrogen) atoms. The van der Waals surface area contributed by atoms with Crippen molar-refractivity contribution in [1.29, 1.82) is 0 Å². The molecule has 0 aromatic heterocycles. The van der Waals surface area contributed by atoms with Crippen LogP contribution in [-0.4, -0.2) is 35.6 Å². The third-order valence-electron chi connectivity index (χ3n) is 2.18. The van der Waals surface area contributed by atoms with Crippen LogP contribution in [0.5, 0.6) is 0 Å². The molecule has 92 valence electrons. The van der Waals surface area contributed by atoms with Crippen LogP contribution in [0, 0.1) is 0 Å². The summed E-state index contributed by atoms with van der Waals surface area (Å²) in [5, 5.41) is 10.4. The number of benzene rings is 1. The zero-order chi connectivity index (χ0) is 12.8. The molecular formula is C11H13BrN2O3. The Labute approximate surface area is 108 Å². The molecule has 5 nitrogen and oxygen atoms in total. The number of nitrogens with zero attached hydrogens (tertiary/aromatic N) is 1. The third kappa shape index (κ3) is 4.44. The summed E-state index contributed by atoms with van der Waals surface area (Å²) in [4.78, 5) is 23.3. The number of halogens is 1. The zero-order valence-corrected chi connectivity index (χ0v) is 10.9. The lowest BCUT2D eigenvalue weighted by Gasteiger charge is -2.17. The van der Waals surface area contributed by atoms with Gasteiger partial charge in [0.25, 0.3) is 0 Å². The maximum atomic E-state index is 11.5. The van der Waals surface area contributed by atoms with Crippen LogP contribution in [0.15, 0.2) is 28.7 Å². The molecule has 2 N–H and O–H groups in total. The lowest BCUT2D eigenvalue weighted by molar-refractivity contribution is -0.129. The highest BCUT2D eigenvalue weighted by molar-refractivity contribution is 9.10. The Hall–Kier alpha value is -1.56. The van der Waals surface area contributed by atoms with Crippen molar-refractivity contribution < 1.29 is 14.7 Å². The van der Waals surface area contributed by atoms with Gasteiger partial charge in [0.1, 0.15) is 6.54 Å². The smallest absolute Gasteiger partial charge is 0.405 e. The summed E-state index contributed by atoms with van der Waals surface area (Å²) in [5.74, 6) is -0.275. The van der Waals surface area contributed by atoms with Crippen molar-refractivity contribution in [2.75, 3.05) is 13.6 Å². The summed E-state index contributed by atoms with van der Waals surface area (Å²) in [6, 6.07) is 7.57. The molecule has 0 bridgehead atoms. The SMILES string of the molecule is CN(Cc1ccccc1Br)C(=O)CNC(=O)O. The number of nitrogens with one attached hydrogen (secondary N) is 1. The number of carbonyl (C=O) groups is 2. The first-order chi connectivity index (χ1) is 8.00. The summed E-state index contributed by atoms with van der Waals surface area (Å²) < 4.78 is 0.922. The van der Waals surface area contributed by atoms with Crippen molar-refractivity contribution in [2.45, 2.75) is 6.54 Å². The van der Waals surface area contributed by atoms with Crippen LogP contribution >= 0.6 is 15.9 Å². The van der Waals surface area contributed by atoms with Gasteiger partial charge >= 0.3 is 6.09 Å². The minimum atomic E-state index is -1.20. The number of rotatable bonds is 4. The van der Waals surface area contributed by atoms with Crippen molar-refractivity contribution in [3.05, 3.63) is 34.3 Å². The van der Waals surface area contributed by atoms with Gasteiger partial charge in [-0.3, -0.25) is 4.79 Å². The van der Waals surface area contributed by atoms with E-state index in [9.17, 15) is 9.59 Å². The normalized spacial score (nSPS) is 9.76. The van der Waals surface area contributed by atoms with Crippen molar-refractivity contribution >= 4 is 27.9 Å². The fraction of sp³-hybridized carbons (Fsp3) is 0.273. The van der Waals surface area contributed by atoms with Crippen molar-refractivity contribution in [2.24, 2.45) is 0 Å². The van der Waals surface area contributed by atoms with E-state index in [4.69, 9.17) is 5.11 Å². The van der Waals surface area contributed by atoms with E-state index in [0.29, 0.717) is 6.54 Å². The van der Waals surface area contributed by atoms with E-state index in [2.05, 4.69) is 15.9 Å². The second-order valence-electron chi connectivity index (χ2n) is 3.50. The Bertz CT molecular complexity index is 423. The summed E-state index contributed by atoms with van der Waals surface area (Å²) in [6.45, 7) is 0.220. The van der Waals surface area contributed by atoms with Crippen LogP contribution in [0.1, 0.15) is 5.56 Å². The lowest BCUT2D eigenvalue weighted by Crippen LogP contribution is -2.37. The molecule has 0 spiro atoms. The molecular weight excluding hydrogens is 288 g/mol. The molecule has 0 atom stereocenters. The molecule has 0 aliphatic carbocycles. The molecule has 0 saturated carbocycles. The van der Waals surface area contributed by atoms with Gasteiger partial charge in [0.05, 0.1) is 0 Å². The van der Waals surface area contributed by atoms with Crippen LogP contribution in [0.4, 0.5) is 4.79 Å². The van der Waals surface area contributed by atoms with E-state index in [1.807, 2.05) is 29.6 Å². The van der Waals surface area contributed by atoms with Gasteiger partial charge in [-0.25, -0.2) is 4.79 Å². The number of likely N-dealkylation sites (N-methyl/N-ethyl adjacent to an activating group) is 1. The average molecular weight is 301 g/mol. The van der Waals surface area contributed by atoms with Gasteiger partial charge in [0.15, 0.2) is 0 Å². The van der Waals surface area contributed by atoms with E-state index < -0.39 is 6.09 Å². The second kappa shape index (κ2) is 6.24. The van der Waals surface area contributed by atoms with Gasteiger partial charge in [-0.1, -0.05) is 34.1 Å². The zero-order valence-electron chi connectivity index (χ0n) is 9.31. The molecule has 1 aromatic rings. The average Bonchev–Trinajstić information content (AvgIpc) is 2.28. The van der Waals surface area contributed by atoms with Crippen molar-refractivity contribution in [3.63, 3.8) is 0 Å². The monoisotopic (exact) mass is 300 g/mol. The molecule has 1 aromatic carbocycles. The molecule has 0 aliphatic rings. The Balaban J connectivity index is 2.54. The van der Waals surface area contributed by atoms with E-state index in [1.54, 1.807) is 7.05 Å². The van der Waals surface area contributed by atoms with Crippen molar-refractivity contribution in [3.8, 4) is 0 Å². The minimum absolute atomic E-state index is 0.212. The summed E-state index contributed by atoms with van der Waals surface area (Å²) in [5.41, 5.74) is 0.971. The molecule has 0 saturated heterocycles. The molecule has 0 fully saturated rings. The summed E-state index contributed by atoms with van der Waals surface area (Å²) in [7, 11) is 1.63. The fourth-order valence-corrected chi connectivity index (χ4v) is 1.67. The van der Waals surface area contributed by atoms with Gasteiger partial charge in [-0.2, -0.15) is 0 Å². The number of amides is 2. The Morgan fingerprint density at radius 3 is 2.65 bits per heavy atom. The third-order valence-corrected chi connectivity index (χ3v) is 2.96. The number of carboxylic acid groups (broad SMARTS) is 1. The molecule has 0 heterocycles. The predicted octanol–water partition coefficient (Wildman–Crippen LogP) is 1.68. The van der Waals surface area contributed by atoms with E-state index in [0.717, 1.165) is 10.0 Å². The highest BCUT2D eigenvalue weighted by atomic mass is 79.9. The standard InChI is InChI=1S/C11H13BrN2O3/c1-14(10(15)6-13-11(16)17)7-8-4-2-3-5-9(8)12/h2-5,13H,6-7H2,1H3,(H,16,17). The molecule has 0 radical (unpaired) electrons. The maximum absolute atomic E-state index is 11.5. The van der Waals surface area contributed by atoms with Crippen LogP contribution in [0.3, 0.4) is 0 Å². The molecule has 0 aliphatic heterocycles. The van der Waals surface area contributed by atoms with Gasteiger partial charge < -0.3 is 15.3 Å².